The number of allylic oxidation sites excluding steroid dienone is 1. The largest absolute Gasteiger partial charge is 0.289 e. The Bertz CT molecular complexity index is 1030. The molecule has 0 atom stereocenters. The number of ketones is 1. The molecule has 0 saturated heterocycles. The van der Waals surface area contributed by atoms with E-state index in [-0.39, 0.29) is 17.5 Å². The summed E-state index contributed by atoms with van der Waals surface area (Å²) in [6.45, 7) is 5.41. The average molecular weight is 394 g/mol. The van der Waals surface area contributed by atoms with Gasteiger partial charge in [-0.1, -0.05) is 18.2 Å². The maximum absolute atomic E-state index is 13.0. The molecule has 0 bridgehead atoms. The van der Waals surface area contributed by atoms with Gasteiger partial charge in [0.15, 0.2) is 10.9 Å². The molecule has 3 aromatic rings. The zero-order valence-corrected chi connectivity index (χ0v) is 16.6. The zero-order valence-electron chi connectivity index (χ0n) is 15.8. The Hall–Kier alpha value is -3.12. The summed E-state index contributed by atoms with van der Waals surface area (Å²) < 4.78 is 13.0. The Morgan fingerprint density at radius 1 is 1.07 bits per heavy atom. The van der Waals surface area contributed by atoms with Crippen molar-refractivity contribution in [2.45, 2.75) is 20.8 Å². The number of carbonyl (C=O) groups excluding carboxylic acids is 2. The van der Waals surface area contributed by atoms with Crippen molar-refractivity contribution in [3.8, 4) is 0 Å². The van der Waals surface area contributed by atoms with E-state index in [0.29, 0.717) is 16.4 Å². The minimum Gasteiger partial charge on any atom is -0.289 e. The average Bonchev–Trinajstić information content (AvgIpc) is 3.11. The first-order valence-corrected chi connectivity index (χ1v) is 9.55. The van der Waals surface area contributed by atoms with Crippen LogP contribution in [0.1, 0.15) is 34.1 Å². The number of aromatic nitrogens is 1. The van der Waals surface area contributed by atoms with Gasteiger partial charge in [0.05, 0.1) is 11.4 Å². The Balaban J connectivity index is 1.86. The van der Waals surface area contributed by atoms with Crippen molar-refractivity contribution >= 4 is 39.9 Å². The number of amides is 1. The van der Waals surface area contributed by atoms with Gasteiger partial charge in [0, 0.05) is 17.9 Å². The quantitative estimate of drug-likeness (QED) is 0.425. The number of carbonyl (C=O) groups is 2. The molecule has 0 aliphatic carbocycles. The van der Waals surface area contributed by atoms with E-state index in [2.05, 4.69) is 4.98 Å². The smallest absolute Gasteiger partial charge is 0.230 e. The summed E-state index contributed by atoms with van der Waals surface area (Å²) in [5.41, 5.74) is 3.76. The van der Waals surface area contributed by atoms with Crippen molar-refractivity contribution in [2.24, 2.45) is 0 Å². The van der Waals surface area contributed by atoms with Crippen LogP contribution in [0.15, 0.2) is 53.9 Å². The molecule has 1 aromatic heterocycles. The second kappa shape index (κ2) is 8.27. The van der Waals surface area contributed by atoms with E-state index in [1.54, 1.807) is 16.4 Å². The third-order valence-electron chi connectivity index (χ3n) is 4.21. The van der Waals surface area contributed by atoms with Gasteiger partial charge in [-0.25, -0.2) is 9.37 Å². The number of thiazole rings is 1. The van der Waals surface area contributed by atoms with Crippen LogP contribution in [-0.4, -0.2) is 16.7 Å². The standard InChI is InChI=1S/C22H19FN2O2S/c1-14-5-4-6-15(2)21(14)25(16(3)26)22-24-19(13-28-22)11-12-20(27)17-7-9-18(23)10-8-17/h4-13H,1-3H3. The van der Waals surface area contributed by atoms with Gasteiger partial charge in [-0.3, -0.25) is 14.5 Å². The first-order chi connectivity index (χ1) is 13.4. The van der Waals surface area contributed by atoms with Gasteiger partial charge in [-0.2, -0.15) is 0 Å². The van der Waals surface area contributed by atoms with Gasteiger partial charge in [0.1, 0.15) is 5.82 Å². The molecule has 0 spiro atoms. The van der Waals surface area contributed by atoms with Crippen LogP contribution in [0.5, 0.6) is 0 Å². The topological polar surface area (TPSA) is 50.3 Å². The van der Waals surface area contributed by atoms with E-state index in [0.717, 1.165) is 16.8 Å². The lowest BCUT2D eigenvalue weighted by molar-refractivity contribution is -0.115. The van der Waals surface area contributed by atoms with E-state index in [4.69, 9.17) is 0 Å². The predicted molar refractivity (Wildman–Crippen MR) is 111 cm³/mol. The maximum atomic E-state index is 13.0. The van der Waals surface area contributed by atoms with Crippen LogP contribution in [0.25, 0.3) is 6.08 Å². The second-order valence-corrected chi connectivity index (χ2v) is 7.19. The molecule has 0 unspecified atom stereocenters. The minimum absolute atomic E-state index is 0.135. The first-order valence-electron chi connectivity index (χ1n) is 8.67. The van der Waals surface area contributed by atoms with Gasteiger partial charge in [0.2, 0.25) is 5.91 Å². The van der Waals surface area contributed by atoms with Crippen LogP contribution in [0, 0.1) is 19.7 Å². The molecule has 28 heavy (non-hydrogen) atoms. The van der Waals surface area contributed by atoms with Crippen molar-refractivity contribution in [1.29, 1.82) is 0 Å². The molecule has 0 aliphatic rings. The van der Waals surface area contributed by atoms with Gasteiger partial charge in [-0.15, -0.1) is 11.3 Å². The molecule has 0 radical (unpaired) electrons. The zero-order chi connectivity index (χ0) is 20.3. The summed E-state index contributed by atoms with van der Waals surface area (Å²) in [5, 5.41) is 2.33. The molecule has 0 fully saturated rings. The number of benzene rings is 2. The Labute approximate surface area is 167 Å². The third kappa shape index (κ3) is 4.23. The molecule has 1 heterocycles. The highest BCUT2D eigenvalue weighted by Gasteiger charge is 2.21. The number of anilines is 2. The summed E-state index contributed by atoms with van der Waals surface area (Å²) in [7, 11) is 0. The SMILES string of the molecule is CC(=O)N(c1nc(C=CC(=O)c2ccc(F)cc2)cs1)c1c(C)cccc1C. The minimum atomic E-state index is -0.388. The summed E-state index contributed by atoms with van der Waals surface area (Å²) in [5.74, 6) is -0.766. The second-order valence-electron chi connectivity index (χ2n) is 6.35. The molecule has 3 rings (SSSR count). The molecule has 1 amide bonds. The number of para-hydroxylation sites is 1. The van der Waals surface area contributed by atoms with Crippen molar-refractivity contribution < 1.29 is 14.0 Å². The lowest BCUT2D eigenvalue weighted by atomic mass is 10.1. The number of rotatable bonds is 5. The highest BCUT2D eigenvalue weighted by atomic mass is 32.1. The fraction of sp³-hybridized carbons (Fsp3) is 0.136. The van der Waals surface area contributed by atoms with Crippen LogP contribution in [0.3, 0.4) is 0 Å². The van der Waals surface area contributed by atoms with Gasteiger partial charge in [-0.05, 0) is 61.4 Å². The van der Waals surface area contributed by atoms with E-state index < -0.39 is 0 Å². The van der Waals surface area contributed by atoms with E-state index >= 15 is 0 Å². The van der Waals surface area contributed by atoms with Crippen LogP contribution >= 0.6 is 11.3 Å². The van der Waals surface area contributed by atoms with Crippen LogP contribution in [0.2, 0.25) is 0 Å². The van der Waals surface area contributed by atoms with E-state index in [1.807, 2.05) is 32.0 Å². The van der Waals surface area contributed by atoms with Crippen LogP contribution in [-0.2, 0) is 4.79 Å². The summed E-state index contributed by atoms with van der Waals surface area (Å²) in [4.78, 5) is 30.6. The number of nitrogens with zero attached hydrogens (tertiary/aromatic N) is 2. The Kier molecular flexibility index (Phi) is 5.80. The maximum Gasteiger partial charge on any atom is 0.230 e. The van der Waals surface area contributed by atoms with E-state index in [1.165, 1.54) is 48.6 Å². The monoisotopic (exact) mass is 394 g/mol. The molecule has 0 saturated carbocycles. The molecule has 6 heteroatoms. The normalized spacial score (nSPS) is 11.0. The predicted octanol–water partition coefficient (Wildman–Crippen LogP) is 5.48. The highest BCUT2D eigenvalue weighted by Crippen LogP contribution is 2.33. The lowest BCUT2D eigenvalue weighted by Gasteiger charge is -2.22. The van der Waals surface area contributed by atoms with Crippen molar-refractivity contribution in [3.05, 3.63) is 82.1 Å². The van der Waals surface area contributed by atoms with Crippen LogP contribution < -0.4 is 4.90 Å². The van der Waals surface area contributed by atoms with Crippen molar-refractivity contribution in [3.63, 3.8) is 0 Å². The summed E-state index contributed by atoms with van der Waals surface area (Å²) >= 11 is 1.33. The molecule has 0 N–H and O–H groups in total. The number of halogens is 1. The molecule has 0 aliphatic heterocycles. The molecular formula is C22H19FN2O2S. The van der Waals surface area contributed by atoms with Crippen molar-refractivity contribution in [2.75, 3.05) is 4.90 Å². The number of hydrogen-bond donors (Lipinski definition) is 0. The third-order valence-corrected chi connectivity index (χ3v) is 5.06. The lowest BCUT2D eigenvalue weighted by Crippen LogP contribution is -2.24. The molecular weight excluding hydrogens is 375 g/mol. The first kappa shape index (κ1) is 19.6. The summed E-state index contributed by atoms with van der Waals surface area (Å²) in [6, 6.07) is 11.2. The van der Waals surface area contributed by atoms with Gasteiger partial charge >= 0.3 is 0 Å². The molecule has 142 valence electrons. The van der Waals surface area contributed by atoms with Gasteiger partial charge < -0.3 is 0 Å². The van der Waals surface area contributed by atoms with E-state index in [9.17, 15) is 14.0 Å². The van der Waals surface area contributed by atoms with Crippen molar-refractivity contribution in [1.82, 2.24) is 4.98 Å². The fourth-order valence-corrected chi connectivity index (χ4v) is 3.71. The Morgan fingerprint density at radius 3 is 2.32 bits per heavy atom. The van der Waals surface area contributed by atoms with Crippen LogP contribution in [0.4, 0.5) is 15.2 Å². The Morgan fingerprint density at radius 2 is 1.71 bits per heavy atom. The molecule has 4 nitrogen and oxygen atoms in total. The number of hydrogen-bond acceptors (Lipinski definition) is 4. The molecule has 2 aromatic carbocycles. The fourth-order valence-electron chi connectivity index (χ4n) is 2.87. The summed E-state index contributed by atoms with van der Waals surface area (Å²) in [6.07, 6.45) is 2.98. The van der Waals surface area contributed by atoms with Gasteiger partial charge in [0.25, 0.3) is 0 Å². The number of aryl methyl sites for hydroxylation is 2. The highest BCUT2D eigenvalue weighted by molar-refractivity contribution is 7.14.